The molecule has 0 radical (unpaired) electrons. The summed E-state index contributed by atoms with van der Waals surface area (Å²) in [6.45, 7) is 0. The minimum atomic E-state index is -0.296. The predicted molar refractivity (Wildman–Crippen MR) is 54.6 cm³/mol. The van der Waals surface area contributed by atoms with Gasteiger partial charge in [-0.1, -0.05) is 0 Å². The first-order chi connectivity index (χ1) is 7.36. The maximum absolute atomic E-state index is 11.7. The van der Waals surface area contributed by atoms with Crippen LogP contribution in [0.3, 0.4) is 0 Å². The Morgan fingerprint density at radius 1 is 1.27 bits per heavy atom. The van der Waals surface area contributed by atoms with E-state index in [2.05, 4.69) is 15.1 Å². The van der Waals surface area contributed by atoms with E-state index in [0.29, 0.717) is 5.52 Å². The highest BCUT2D eigenvalue weighted by Gasteiger charge is 2.06. The van der Waals surface area contributed by atoms with Gasteiger partial charge in [0.25, 0.3) is 5.56 Å². The number of pyridine rings is 1. The van der Waals surface area contributed by atoms with Crippen LogP contribution in [-0.2, 0) is 0 Å². The van der Waals surface area contributed by atoms with Crippen LogP contribution in [-0.4, -0.2) is 19.6 Å². The summed E-state index contributed by atoms with van der Waals surface area (Å²) in [6.07, 6.45) is 6.43. The number of hydrogen-bond donors (Lipinski definition) is 0. The molecule has 5 heteroatoms. The highest BCUT2D eigenvalue weighted by Crippen LogP contribution is 2.13. The number of rotatable bonds is 0. The lowest BCUT2D eigenvalue weighted by molar-refractivity contribution is 0.983. The standard InChI is InChI=1S/C10H6N4O/c15-10-9-7-6-11-4-2-8(7)13-14(9)5-1-3-12-10/h1-6H. The van der Waals surface area contributed by atoms with Crippen LogP contribution in [0.4, 0.5) is 0 Å². The second-order valence-corrected chi connectivity index (χ2v) is 3.11. The fraction of sp³-hybridized carbons (Fsp3) is 0. The summed E-state index contributed by atoms with van der Waals surface area (Å²) in [5.41, 5.74) is 0.911. The van der Waals surface area contributed by atoms with Gasteiger partial charge in [0.05, 0.1) is 10.9 Å². The highest BCUT2D eigenvalue weighted by molar-refractivity contribution is 5.92. The lowest BCUT2D eigenvalue weighted by Gasteiger charge is -1.82. The maximum Gasteiger partial charge on any atom is 0.296 e. The molecule has 0 unspecified atom stereocenters. The summed E-state index contributed by atoms with van der Waals surface area (Å²) in [5.74, 6) is 0. The topological polar surface area (TPSA) is 60.2 Å². The molecule has 5 nitrogen and oxygen atoms in total. The molecule has 0 aliphatic carbocycles. The highest BCUT2D eigenvalue weighted by atomic mass is 16.1. The summed E-state index contributed by atoms with van der Waals surface area (Å²) in [6, 6.07) is 3.44. The minimum Gasteiger partial charge on any atom is -0.265 e. The number of aromatic nitrogens is 4. The maximum atomic E-state index is 11.7. The van der Waals surface area contributed by atoms with E-state index in [1.165, 1.54) is 10.7 Å². The van der Waals surface area contributed by atoms with Gasteiger partial charge in [-0.25, -0.2) is 9.50 Å². The van der Waals surface area contributed by atoms with E-state index in [9.17, 15) is 4.79 Å². The predicted octanol–water partition coefficient (Wildman–Crippen LogP) is 0.638. The Kier molecular flexibility index (Phi) is 1.53. The van der Waals surface area contributed by atoms with Gasteiger partial charge >= 0.3 is 0 Å². The average Bonchev–Trinajstić information content (AvgIpc) is 2.53. The van der Waals surface area contributed by atoms with Gasteiger partial charge in [-0.3, -0.25) is 9.78 Å². The third kappa shape index (κ3) is 1.10. The van der Waals surface area contributed by atoms with Crippen molar-refractivity contribution in [1.29, 1.82) is 0 Å². The Morgan fingerprint density at radius 2 is 2.20 bits per heavy atom. The third-order valence-electron chi connectivity index (χ3n) is 2.21. The van der Waals surface area contributed by atoms with E-state index < -0.39 is 0 Å². The molecule has 72 valence electrons. The van der Waals surface area contributed by atoms with Crippen molar-refractivity contribution in [3.05, 3.63) is 47.3 Å². The van der Waals surface area contributed by atoms with Crippen LogP contribution >= 0.6 is 0 Å². The fourth-order valence-corrected chi connectivity index (χ4v) is 1.56. The summed E-state index contributed by atoms with van der Waals surface area (Å²) in [7, 11) is 0. The smallest absolute Gasteiger partial charge is 0.265 e. The lowest BCUT2D eigenvalue weighted by atomic mass is 10.3. The lowest BCUT2D eigenvalue weighted by Crippen LogP contribution is -2.03. The first-order valence-corrected chi connectivity index (χ1v) is 4.44. The molecular formula is C10H6N4O. The van der Waals surface area contributed by atoms with Gasteiger partial charge in [0.2, 0.25) is 0 Å². The molecular weight excluding hydrogens is 192 g/mol. The Labute approximate surface area is 84.0 Å². The largest absolute Gasteiger partial charge is 0.296 e. The van der Waals surface area contributed by atoms with Gasteiger partial charge in [0.15, 0.2) is 0 Å². The summed E-state index contributed by atoms with van der Waals surface area (Å²) in [5, 5.41) is 4.98. The van der Waals surface area contributed by atoms with Crippen molar-refractivity contribution in [3.63, 3.8) is 0 Å². The molecule has 0 aliphatic heterocycles. The molecule has 0 spiro atoms. The van der Waals surface area contributed by atoms with Crippen molar-refractivity contribution >= 4 is 16.4 Å². The summed E-state index contributed by atoms with van der Waals surface area (Å²) < 4.78 is 1.53. The van der Waals surface area contributed by atoms with Crippen molar-refractivity contribution in [2.45, 2.75) is 0 Å². The van der Waals surface area contributed by atoms with Crippen LogP contribution in [0.5, 0.6) is 0 Å². The molecule has 0 amide bonds. The molecule has 3 aromatic heterocycles. The van der Waals surface area contributed by atoms with Crippen LogP contribution in [0.25, 0.3) is 16.4 Å². The second kappa shape index (κ2) is 2.84. The Hall–Kier alpha value is -2.30. The van der Waals surface area contributed by atoms with Crippen LogP contribution in [0, 0.1) is 0 Å². The summed E-state index contributed by atoms with van der Waals surface area (Å²) >= 11 is 0. The van der Waals surface area contributed by atoms with E-state index >= 15 is 0 Å². The molecule has 15 heavy (non-hydrogen) atoms. The molecule has 0 bridgehead atoms. The third-order valence-corrected chi connectivity index (χ3v) is 2.21. The second-order valence-electron chi connectivity index (χ2n) is 3.11. The molecule has 3 rings (SSSR count). The molecule has 0 fully saturated rings. The molecule has 0 saturated carbocycles. The minimum absolute atomic E-state index is 0.296. The van der Waals surface area contributed by atoms with Gasteiger partial charge in [-0.2, -0.15) is 5.10 Å². The van der Waals surface area contributed by atoms with Gasteiger partial charge in [0.1, 0.15) is 5.52 Å². The molecule has 0 saturated heterocycles. The molecule has 0 atom stereocenters. The zero-order valence-corrected chi connectivity index (χ0v) is 7.66. The van der Waals surface area contributed by atoms with Crippen molar-refractivity contribution < 1.29 is 0 Å². The fourth-order valence-electron chi connectivity index (χ4n) is 1.56. The number of fused-ring (bicyclic) bond motifs is 3. The molecule has 0 N–H and O–H groups in total. The first-order valence-electron chi connectivity index (χ1n) is 4.44. The number of nitrogens with zero attached hydrogens (tertiary/aromatic N) is 4. The monoisotopic (exact) mass is 198 g/mol. The van der Waals surface area contributed by atoms with Gasteiger partial charge in [0, 0.05) is 24.8 Å². The molecule has 3 heterocycles. The van der Waals surface area contributed by atoms with E-state index in [0.717, 1.165) is 10.9 Å². The van der Waals surface area contributed by atoms with E-state index in [-0.39, 0.29) is 5.56 Å². The van der Waals surface area contributed by atoms with Crippen LogP contribution in [0.15, 0.2) is 41.7 Å². The quantitative estimate of drug-likeness (QED) is 0.531. The SMILES string of the molecule is O=c1ncccn2nc3ccncc3c12. The Balaban J connectivity index is 2.72. The van der Waals surface area contributed by atoms with E-state index in [1.54, 1.807) is 30.7 Å². The van der Waals surface area contributed by atoms with Crippen molar-refractivity contribution in [2.75, 3.05) is 0 Å². The van der Waals surface area contributed by atoms with Crippen LogP contribution in [0.2, 0.25) is 0 Å². The van der Waals surface area contributed by atoms with Crippen molar-refractivity contribution in [1.82, 2.24) is 19.6 Å². The van der Waals surface area contributed by atoms with Crippen LogP contribution in [0.1, 0.15) is 0 Å². The molecule has 0 aromatic carbocycles. The van der Waals surface area contributed by atoms with Crippen LogP contribution < -0.4 is 5.56 Å². The Bertz CT molecular complexity index is 704. The number of hydrogen-bond acceptors (Lipinski definition) is 4. The van der Waals surface area contributed by atoms with E-state index in [1.807, 2.05) is 0 Å². The zero-order chi connectivity index (χ0) is 10.3. The molecule has 0 aliphatic rings. The van der Waals surface area contributed by atoms with Crippen molar-refractivity contribution in [2.24, 2.45) is 0 Å². The van der Waals surface area contributed by atoms with Gasteiger partial charge < -0.3 is 0 Å². The normalized spacial score (nSPS) is 10.9. The Morgan fingerprint density at radius 3 is 3.13 bits per heavy atom. The zero-order valence-electron chi connectivity index (χ0n) is 7.66. The van der Waals surface area contributed by atoms with Gasteiger partial charge in [-0.05, 0) is 12.1 Å². The van der Waals surface area contributed by atoms with E-state index in [4.69, 9.17) is 0 Å². The van der Waals surface area contributed by atoms with Gasteiger partial charge in [-0.15, -0.1) is 0 Å². The molecule has 3 aromatic rings. The summed E-state index contributed by atoms with van der Waals surface area (Å²) in [4.78, 5) is 19.4. The van der Waals surface area contributed by atoms with Crippen molar-refractivity contribution in [3.8, 4) is 0 Å². The average molecular weight is 198 g/mol. The first kappa shape index (κ1) is 8.05.